The Morgan fingerprint density at radius 3 is 2.39 bits per heavy atom. The summed E-state index contributed by atoms with van der Waals surface area (Å²) >= 11 is 0. The van der Waals surface area contributed by atoms with E-state index in [4.69, 9.17) is 14.0 Å². The van der Waals surface area contributed by atoms with Crippen molar-refractivity contribution in [2.45, 2.75) is 71.3 Å². The van der Waals surface area contributed by atoms with E-state index in [1.54, 1.807) is 4.68 Å². The van der Waals surface area contributed by atoms with Crippen molar-refractivity contribution < 1.29 is 18.8 Å². The Balaban J connectivity index is 1.97. The topological polar surface area (TPSA) is 62.6 Å². The largest absolute Gasteiger partial charge is 0.499 e. The average Bonchev–Trinajstić information content (AvgIpc) is 2.93. The van der Waals surface area contributed by atoms with E-state index in [-0.39, 0.29) is 6.23 Å². The Morgan fingerprint density at radius 1 is 1.22 bits per heavy atom. The summed E-state index contributed by atoms with van der Waals surface area (Å²) in [6.07, 6.45) is 3.65. The molecular weight excluding hydrogens is 295 g/mol. The van der Waals surface area contributed by atoms with E-state index >= 15 is 0 Å². The summed E-state index contributed by atoms with van der Waals surface area (Å²) in [4.78, 5) is 11.8. The van der Waals surface area contributed by atoms with Crippen molar-refractivity contribution in [2.24, 2.45) is 0 Å². The molecule has 0 bridgehead atoms. The number of aryl methyl sites for hydroxylation is 1. The third kappa shape index (κ3) is 2.75. The quantitative estimate of drug-likeness (QED) is 0.630. The Hall–Kier alpha value is -1.18. The molecule has 0 amide bonds. The molecule has 2 aliphatic heterocycles. The zero-order chi connectivity index (χ0) is 16.8. The molecule has 0 N–H and O–H groups in total. The molecule has 3 rings (SSSR count). The van der Waals surface area contributed by atoms with E-state index in [0.29, 0.717) is 17.8 Å². The van der Waals surface area contributed by atoms with Gasteiger partial charge in [0.15, 0.2) is 12.5 Å². The fraction of sp³-hybridized carbons (Fsp3) is 0.750. The Kier molecular flexibility index (Phi) is 4.15. The molecule has 2 fully saturated rings. The first-order valence-electron chi connectivity index (χ1n) is 8.28. The van der Waals surface area contributed by atoms with Crippen LogP contribution in [-0.2, 0) is 14.0 Å². The second kappa shape index (κ2) is 5.72. The van der Waals surface area contributed by atoms with Gasteiger partial charge in [0.1, 0.15) is 5.69 Å². The smallest absolute Gasteiger partial charge is 0.399 e. The van der Waals surface area contributed by atoms with Crippen LogP contribution in [0.25, 0.3) is 0 Å². The van der Waals surface area contributed by atoms with Gasteiger partial charge in [-0.1, -0.05) is 0 Å². The van der Waals surface area contributed by atoms with Gasteiger partial charge in [-0.3, -0.25) is 4.79 Å². The lowest BCUT2D eigenvalue weighted by molar-refractivity contribution is -0.0403. The summed E-state index contributed by atoms with van der Waals surface area (Å²) in [6, 6.07) is 0. The lowest BCUT2D eigenvalue weighted by Gasteiger charge is -2.32. The molecule has 1 atom stereocenters. The van der Waals surface area contributed by atoms with Crippen molar-refractivity contribution in [3.05, 3.63) is 11.4 Å². The van der Waals surface area contributed by atoms with E-state index in [2.05, 4.69) is 5.10 Å². The molecule has 7 heteroatoms. The highest BCUT2D eigenvalue weighted by molar-refractivity contribution is 6.63. The summed E-state index contributed by atoms with van der Waals surface area (Å²) in [5.41, 5.74) is 1.06. The predicted octanol–water partition coefficient (Wildman–Crippen LogP) is 2.00. The molecule has 0 saturated carbocycles. The van der Waals surface area contributed by atoms with Crippen LogP contribution in [-0.4, -0.2) is 41.0 Å². The fourth-order valence-corrected chi connectivity index (χ4v) is 3.08. The predicted molar refractivity (Wildman–Crippen MR) is 86.9 cm³/mol. The average molecular weight is 320 g/mol. The molecule has 0 unspecified atom stereocenters. The number of carbonyl (C=O) groups is 1. The molecule has 0 spiro atoms. The number of ether oxygens (including phenoxy) is 1. The Bertz CT molecular complexity index is 589. The lowest BCUT2D eigenvalue weighted by atomic mass is 9.77. The molecule has 23 heavy (non-hydrogen) atoms. The number of hydrogen-bond acceptors (Lipinski definition) is 5. The molecule has 126 valence electrons. The van der Waals surface area contributed by atoms with Crippen molar-refractivity contribution in [1.29, 1.82) is 0 Å². The zero-order valence-electron chi connectivity index (χ0n) is 14.6. The van der Waals surface area contributed by atoms with Gasteiger partial charge in [0.05, 0.1) is 16.9 Å². The highest BCUT2D eigenvalue weighted by Crippen LogP contribution is 2.37. The van der Waals surface area contributed by atoms with Crippen LogP contribution in [0.4, 0.5) is 0 Å². The number of rotatable bonds is 3. The van der Waals surface area contributed by atoms with Crippen LogP contribution >= 0.6 is 0 Å². The van der Waals surface area contributed by atoms with Gasteiger partial charge in [-0.15, -0.1) is 0 Å². The molecule has 0 radical (unpaired) electrons. The van der Waals surface area contributed by atoms with Gasteiger partial charge in [0.25, 0.3) is 0 Å². The van der Waals surface area contributed by atoms with E-state index in [1.165, 1.54) is 0 Å². The van der Waals surface area contributed by atoms with Crippen LogP contribution in [0.5, 0.6) is 0 Å². The highest BCUT2D eigenvalue weighted by Gasteiger charge is 2.53. The Labute approximate surface area is 137 Å². The van der Waals surface area contributed by atoms with Gasteiger partial charge in [-0.25, -0.2) is 4.68 Å². The third-order valence-corrected chi connectivity index (χ3v) is 5.20. The second-order valence-electron chi connectivity index (χ2n) is 7.36. The molecule has 1 aromatic heterocycles. The summed E-state index contributed by atoms with van der Waals surface area (Å²) in [7, 11) is -0.586. The molecule has 1 aromatic rings. The second-order valence-corrected chi connectivity index (χ2v) is 7.36. The van der Waals surface area contributed by atoms with Crippen LogP contribution in [0.2, 0.25) is 0 Å². The first-order chi connectivity index (χ1) is 10.8. The normalized spacial score (nSPS) is 26.5. The van der Waals surface area contributed by atoms with Crippen molar-refractivity contribution in [3.63, 3.8) is 0 Å². The zero-order valence-corrected chi connectivity index (χ0v) is 14.6. The fourth-order valence-electron chi connectivity index (χ4n) is 3.08. The number of aldehydes is 1. The highest BCUT2D eigenvalue weighted by atomic mass is 16.7. The number of nitrogens with zero attached hydrogens (tertiary/aromatic N) is 2. The summed E-state index contributed by atoms with van der Waals surface area (Å²) in [5, 5.41) is 4.55. The monoisotopic (exact) mass is 320 g/mol. The van der Waals surface area contributed by atoms with Crippen LogP contribution in [0.3, 0.4) is 0 Å². The Morgan fingerprint density at radius 2 is 1.87 bits per heavy atom. The number of hydrogen-bond donors (Lipinski definition) is 0. The third-order valence-electron chi connectivity index (χ3n) is 5.20. The van der Waals surface area contributed by atoms with Crippen molar-refractivity contribution >= 4 is 18.9 Å². The summed E-state index contributed by atoms with van der Waals surface area (Å²) < 4.78 is 19.7. The minimum atomic E-state index is -0.586. The maximum atomic E-state index is 11.8. The first-order valence-corrected chi connectivity index (χ1v) is 8.28. The molecule has 2 saturated heterocycles. The molecular formula is C16H25BN2O4. The number of aromatic nitrogens is 2. The van der Waals surface area contributed by atoms with Crippen LogP contribution < -0.4 is 5.46 Å². The SMILES string of the molecule is Cc1nn([C@@H]2CCCCO2)c(C=O)c1B1OC(C)(C)C(C)(C)O1. The van der Waals surface area contributed by atoms with Crippen molar-refractivity contribution in [3.8, 4) is 0 Å². The maximum Gasteiger partial charge on any atom is 0.499 e. The van der Waals surface area contributed by atoms with E-state index in [0.717, 1.165) is 31.2 Å². The van der Waals surface area contributed by atoms with E-state index in [9.17, 15) is 4.79 Å². The molecule has 6 nitrogen and oxygen atoms in total. The van der Waals surface area contributed by atoms with Crippen LogP contribution in [0.1, 0.15) is 69.4 Å². The summed E-state index contributed by atoms with van der Waals surface area (Å²) in [6.45, 7) is 10.6. The van der Waals surface area contributed by atoms with Gasteiger partial charge >= 0.3 is 7.12 Å². The number of carbonyl (C=O) groups excluding carboxylic acids is 1. The molecule has 0 aliphatic carbocycles. The van der Waals surface area contributed by atoms with Gasteiger partial charge in [-0.05, 0) is 53.9 Å². The van der Waals surface area contributed by atoms with E-state index < -0.39 is 18.3 Å². The first kappa shape index (κ1) is 16.7. The molecule has 0 aromatic carbocycles. The van der Waals surface area contributed by atoms with Gasteiger partial charge in [0.2, 0.25) is 0 Å². The van der Waals surface area contributed by atoms with Gasteiger partial charge < -0.3 is 14.0 Å². The standard InChI is InChI=1S/C16H25BN2O4/c1-11-14(17-22-15(2,3)16(4,5)23-17)12(10-20)19(18-11)13-8-6-7-9-21-13/h10,13H,6-9H2,1-5H3/t13-/m0/s1. The van der Waals surface area contributed by atoms with Gasteiger partial charge in [0, 0.05) is 12.1 Å². The maximum absolute atomic E-state index is 11.8. The minimum absolute atomic E-state index is 0.182. The van der Waals surface area contributed by atoms with Crippen molar-refractivity contribution in [1.82, 2.24) is 9.78 Å². The van der Waals surface area contributed by atoms with Gasteiger partial charge in [-0.2, -0.15) is 5.10 Å². The van der Waals surface area contributed by atoms with Crippen molar-refractivity contribution in [2.75, 3.05) is 6.61 Å². The minimum Gasteiger partial charge on any atom is -0.399 e. The van der Waals surface area contributed by atoms with Crippen LogP contribution in [0, 0.1) is 6.92 Å². The lowest BCUT2D eigenvalue weighted by Crippen LogP contribution is -2.41. The molecule has 3 heterocycles. The van der Waals surface area contributed by atoms with Crippen LogP contribution in [0.15, 0.2) is 0 Å². The van der Waals surface area contributed by atoms with E-state index in [1.807, 2.05) is 34.6 Å². The molecule has 2 aliphatic rings. The summed E-state index contributed by atoms with van der Waals surface area (Å²) in [5.74, 6) is 0.